The zero-order valence-corrected chi connectivity index (χ0v) is 29.4. The molecule has 0 saturated carbocycles. The van der Waals surface area contributed by atoms with Crippen LogP contribution in [0.4, 0.5) is 0 Å². The number of H-pyrrole nitrogens is 2. The van der Waals surface area contributed by atoms with E-state index >= 15 is 0 Å². The Hall–Kier alpha value is -6.22. The minimum Gasteiger partial charge on any atom is -0.481 e. The first kappa shape index (κ1) is 36.1. The number of fused-ring (bicyclic) bond motifs is 8. The van der Waals surface area contributed by atoms with E-state index in [-0.39, 0.29) is 12.8 Å². The number of benzene rings is 1. The summed E-state index contributed by atoms with van der Waals surface area (Å²) in [4.78, 5) is 40.0. The van der Waals surface area contributed by atoms with Crippen molar-refractivity contribution in [2.45, 2.75) is 53.4 Å². The van der Waals surface area contributed by atoms with Gasteiger partial charge >= 0.3 is 11.9 Å². The first-order valence-electron chi connectivity index (χ1n) is 16.7. The molecule has 260 valence electrons. The van der Waals surface area contributed by atoms with Crippen LogP contribution in [0.15, 0.2) is 80.0 Å². The Morgan fingerprint density at radius 2 is 1.33 bits per heavy atom. The fourth-order valence-electron chi connectivity index (χ4n) is 6.44. The van der Waals surface area contributed by atoms with Gasteiger partial charge in [-0.25, -0.2) is 9.97 Å². The van der Waals surface area contributed by atoms with E-state index in [1.54, 1.807) is 0 Å². The lowest BCUT2D eigenvalue weighted by atomic mass is 10.00. The summed E-state index contributed by atoms with van der Waals surface area (Å²) in [7, 11) is 0. The zero-order valence-electron chi connectivity index (χ0n) is 29.4. The Morgan fingerprint density at radius 3 is 1.98 bits per heavy atom. The van der Waals surface area contributed by atoms with Gasteiger partial charge in [-0.2, -0.15) is 0 Å². The highest BCUT2D eigenvalue weighted by Crippen LogP contribution is 2.37. The van der Waals surface area contributed by atoms with Crippen molar-refractivity contribution in [3.63, 3.8) is 0 Å². The molecule has 0 aliphatic carbocycles. The molecule has 4 aromatic rings. The van der Waals surface area contributed by atoms with Gasteiger partial charge in [-0.15, -0.1) is 0 Å². The van der Waals surface area contributed by atoms with Gasteiger partial charge in [0.15, 0.2) is 0 Å². The minimum absolute atomic E-state index is 0.0222. The molecular formula is C42H43N5O4. The summed E-state index contributed by atoms with van der Waals surface area (Å²) in [6.45, 7) is 16.0. The molecule has 51 heavy (non-hydrogen) atoms. The Balaban J connectivity index is 0.000000488. The summed E-state index contributed by atoms with van der Waals surface area (Å²) in [5.41, 5.74) is 20.0. The van der Waals surface area contributed by atoms with Crippen LogP contribution in [0.1, 0.15) is 83.7 Å². The maximum atomic E-state index is 11.5. The van der Waals surface area contributed by atoms with Crippen LogP contribution in [0.25, 0.3) is 56.5 Å². The maximum Gasteiger partial charge on any atom is 0.303 e. The second-order valence-corrected chi connectivity index (χ2v) is 12.5. The van der Waals surface area contributed by atoms with Crippen molar-refractivity contribution in [2.75, 3.05) is 0 Å². The highest BCUT2D eigenvalue weighted by atomic mass is 16.4. The predicted octanol–water partition coefficient (Wildman–Crippen LogP) is 9.12. The lowest BCUT2D eigenvalue weighted by molar-refractivity contribution is -0.137. The average Bonchev–Trinajstić information content (AvgIpc) is 3.76. The molecule has 6 rings (SSSR count). The van der Waals surface area contributed by atoms with Crippen LogP contribution in [0.2, 0.25) is 0 Å². The highest BCUT2D eigenvalue weighted by molar-refractivity contribution is 5.98. The number of allylic oxidation sites excluding steroid dienone is 5. The number of nitrogens with zero attached hydrogens (tertiary/aromatic N) is 2. The number of aryl methyl sites for hydroxylation is 3. The Morgan fingerprint density at radius 1 is 0.725 bits per heavy atom. The van der Waals surface area contributed by atoms with Gasteiger partial charge in [-0.1, -0.05) is 55.6 Å². The van der Waals surface area contributed by atoms with Crippen molar-refractivity contribution in [1.29, 1.82) is 0 Å². The molecule has 6 N–H and O–H groups in total. The second kappa shape index (κ2) is 15.6. The SMILES string of the molecule is C=CC1=C(C)c2cc3nc(cc4[nH]c(cc5[nH]c(cc1n2)c(C)c5C=C)c(C)c4CCC(=O)O)C(CCC(=O)O)=C3C.N/C=C/c1ccccc1. The summed E-state index contributed by atoms with van der Waals surface area (Å²) >= 11 is 0. The Kier molecular flexibility index (Phi) is 11.0. The van der Waals surface area contributed by atoms with Crippen LogP contribution in [-0.2, 0) is 16.0 Å². The van der Waals surface area contributed by atoms with E-state index in [9.17, 15) is 19.8 Å². The number of carboxylic acids is 2. The molecule has 9 heteroatoms. The normalized spacial score (nSPS) is 12.5. The molecule has 8 bridgehead atoms. The third-order valence-electron chi connectivity index (χ3n) is 9.31. The number of nitrogens with two attached hydrogens (primary N) is 1. The fraction of sp³-hybridized carbons (Fsp3) is 0.190. The van der Waals surface area contributed by atoms with Gasteiger partial charge in [0.1, 0.15) is 0 Å². The summed E-state index contributed by atoms with van der Waals surface area (Å²) in [6, 6.07) is 17.8. The van der Waals surface area contributed by atoms with E-state index in [2.05, 4.69) is 23.1 Å². The molecular weight excluding hydrogens is 638 g/mol. The maximum absolute atomic E-state index is 11.5. The van der Waals surface area contributed by atoms with Crippen LogP contribution in [0, 0.1) is 13.8 Å². The lowest BCUT2D eigenvalue weighted by Gasteiger charge is -2.03. The smallest absolute Gasteiger partial charge is 0.303 e. The van der Waals surface area contributed by atoms with Crippen molar-refractivity contribution < 1.29 is 19.8 Å². The van der Waals surface area contributed by atoms with E-state index in [0.717, 1.165) is 83.6 Å². The molecule has 0 saturated heterocycles. The third kappa shape index (κ3) is 7.83. The molecule has 3 aromatic heterocycles. The molecule has 1 aromatic carbocycles. The molecule has 0 radical (unpaired) electrons. The van der Waals surface area contributed by atoms with Crippen LogP contribution in [-0.4, -0.2) is 42.1 Å². The first-order chi connectivity index (χ1) is 24.4. The van der Waals surface area contributed by atoms with E-state index in [1.165, 1.54) is 6.20 Å². The predicted molar refractivity (Wildman–Crippen MR) is 208 cm³/mol. The fourth-order valence-corrected chi connectivity index (χ4v) is 6.44. The van der Waals surface area contributed by atoms with Crippen molar-refractivity contribution >= 4 is 68.4 Å². The number of carbonyl (C=O) groups is 2. The second-order valence-electron chi connectivity index (χ2n) is 12.5. The number of aromatic amines is 2. The standard InChI is InChI=1S/C34H34N4O4.C8H9N/c1-7-21-17(3)25-13-26-19(5)23(9-11-33(39)40)31(37-26)16-32-24(10-12-34(41)42)20(6)28(38-32)15-30-22(8-2)18(4)27(36-30)14-29(21)35-25;9-7-6-8-4-2-1-3-5-8/h7-8,13-16,36,38H,1-2,9-12H2,3-6H3,(H,39,40)(H,41,42);1-7H,9H2/b;7-6+. The Bertz CT molecular complexity index is 2300. The van der Waals surface area contributed by atoms with Crippen LogP contribution >= 0.6 is 0 Å². The zero-order chi connectivity index (χ0) is 36.8. The molecule has 0 fully saturated rings. The molecule has 0 atom stereocenters. The van der Waals surface area contributed by atoms with Gasteiger partial charge in [0.05, 0.1) is 22.8 Å². The van der Waals surface area contributed by atoms with Gasteiger partial charge in [-0.05, 0) is 116 Å². The summed E-state index contributed by atoms with van der Waals surface area (Å²) in [5.74, 6) is -1.76. The number of carboxylic acid groups (broad SMARTS) is 2. The topological polar surface area (TPSA) is 158 Å². The molecule has 2 aliphatic rings. The van der Waals surface area contributed by atoms with Gasteiger partial charge in [-0.3, -0.25) is 9.59 Å². The van der Waals surface area contributed by atoms with Crippen molar-refractivity contribution in [3.05, 3.63) is 131 Å². The largest absolute Gasteiger partial charge is 0.481 e. The minimum atomic E-state index is -0.886. The van der Waals surface area contributed by atoms with Crippen molar-refractivity contribution in [1.82, 2.24) is 19.9 Å². The molecule has 9 nitrogen and oxygen atoms in total. The lowest BCUT2D eigenvalue weighted by Crippen LogP contribution is -1.98. The molecule has 2 aliphatic heterocycles. The van der Waals surface area contributed by atoms with Gasteiger partial charge < -0.3 is 25.9 Å². The average molecular weight is 682 g/mol. The summed E-state index contributed by atoms with van der Waals surface area (Å²) < 4.78 is 0. The summed E-state index contributed by atoms with van der Waals surface area (Å²) in [6.07, 6.45) is 7.62. The first-order valence-corrected chi connectivity index (χ1v) is 16.7. The van der Waals surface area contributed by atoms with E-state index in [4.69, 9.17) is 15.7 Å². The Labute approximate surface area is 297 Å². The van der Waals surface area contributed by atoms with E-state index < -0.39 is 11.9 Å². The number of rotatable bonds is 9. The number of aliphatic carboxylic acids is 2. The quantitative estimate of drug-likeness (QED) is 0.118. The molecule has 0 amide bonds. The molecule has 5 heterocycles. The van der Waals surface area contributed by atoms with Gasteiger partial charge in [0.2, 0.25) is 0 Å². The molecule has 0 spiro atoms. The third-order valence-corrected chi connectivity index (χ3v) is 9.31. The van der Waals surface area contributed by atoms with Crippen LogP contribution < -0.4 is 5.73 Å². The van der Waals surface area contributed by atoms with Crippen molar-refractivity contribution in [3.8, 4) is 0 Å². The summed E-state index contributed by atoms with van der Waals surface area (Å²) in [5, 5.41) is 18.9. The number of aromatic nitrogens is 4. The van der Waals surface area contributed by atoms with E-state index in [1.807, 2.05) is 101 Å². The number of hydrogen-bond acceptors (Lipinski definition) is 5. The number of hydrogen-bond donors (Lipinski definition) is 5. The number of nitrogens with one attached hydrogen (secondary N) is 2. The van der Waals surface area contributed by atoms with E-state index in [0.29, 0.717) is 24.2 Å². The van der Waals surface area contributed by atoms with Crippen LogP contribution in [0.5, 0.6) is 0 Å². The van der Waals surface area contributed by atoms with Crippen LogP contribution in [0.3, 0.4) is 0 Å². The highest BCUT2D eigenvalue weighted by Gasteiger charge is 2.21. The van der Waals surface area contributed by atoms with Crippen molar-refractivity contribution in [2.24, 2.45) is 5.73 Å². The monoisotopic (exact) mass is 681 g/mol. The molecule has 0 unspecified atom stereocenters. The van der Waals surface area contributed by atoms with Gasteiger partial charge in [0, 0.05) is 46.0 Å². The van der Waals surface area contributed by atoms with Gasteiger partial charge in [0.25, 0.3) is 0 Å².